The Balaban J connectivity index is 2.34. The van der Waals surface area contributed by atoms with E-state index in [1.165, 1.54) is 0 Å². The second kappa shape index (κ2) is 6.60. The van der Waals surface area contributed by atoms with Gasteiger partial charge in [0.2, 0.25) is 0 Å². The molecule has 2 nitrogen and oxygen atoms in total. The van der Waals surface area contributed by atoms with E-state index in [4.69, 9.17) is 16.3 Å². The molecule has 0 fully saturated rings. The normalized spacial score (nSPS) is 16.9. The number of nitrogens with one attached hydrogen (secondary N) is 1. The van der Waals surface area contributed by atoms with E-state index in [2.05, 4.69) is 34.2 Å². The smallest absolute Gasteiger partial charge is 0.113 e. The molecule has 0 amide bonds. The zero-order valence-electron chi connectivity index (χ0n) is 10.4. The van der Waals surface area contributed by atoms with E-state index >= 15 is 0 Å². The first-order chi connectivity index (χ1) is 8.72. The topological polar surface area (TPSA) is 21.3 Å². The number of hydrogen-bond donors (Lipinski definition) is 1. The van der Waals surface area contributed by atoms with Crippen molar-refractivity contribution < 1.29 is 4.74 Å². The van der Waals surface area contributed by atoms with Crippen molar-refractivity contribution in [1.82, 2.24) is 5.32 Å². The van der Waals surface area contributed by atoms with Gasteiger partial charge < -0.3 is 10.1 Å². The van der Waals surface area contributed by atoms with Crippen LogP contribution in [0.15, 0.2) is 34.5 Å². The summed E-state index contributed by atoms with van der Waals surface area (Å²) in [5.41, 5.74) is 1.12. The Kier molecular flexibility index (Phi) is 5.10. The van der Waals surface area contributed by atoms with Crippen molar-refractivity contribution in [1.29, 1.82) is 0 Å². The first kappa shape index (κ1) is 13.9. The van der Waals surface area contributed by atoms with Crippen LogP contribution in [0.4, 0.5) is 0 Å². The number of ether oxygens (including phenoxy) is 1. The molecule has 1 heterocycles. The summed E-state index contributed by atoms with van der Waals surface area (Å²) < 4.78 is 6.83. The molecular formula is C14H17BrClNO. The third-order valence-corrected chi connectivity index (χ3v) is 3.88. The number of allylic oxidation sites excluding steroid dienone is 1. The van der Waals surface area contributed by atoms with Gasteiger partial charge in [-0.05, 0) is 49.2 Å². The zero-order chi connectivity index (χ0) is 13.0. The highest BCUT2D eigenvalue weighted by Gasteiger charge is 2.21. The summed E-state index contributed by atoms with van der Waals surface area (Å²) in [7, 11) is 0. The van der Waals surface area contributed by atoms with Crippen molar-refractivity contribution in [2.24, 2.45) is 0 Å². The molecule has 98 valence electrons. The molecule has 1 aromatic rings. The van der Waals surface area contributed by atoms with Gasteiger partial charge in [-0.2, -0.15) is 0 Å². The molecule has 2 rings (SSSR count). The molecule has 0 aromatic heterocycles. The number of likely N-dealkylation sites (N-methyl/N-ethyl adjacent to an activating group) is 1. The summed E-state index contributed by atoms with van der Waals surface area (Å²) in [5, 5.41) is 4.20. The van der Waals surface area contributed by atoms with Gasteiger partial charge in [0.05, 0.1) is 12.6 Å². The maximum absolute atomic E-state index is 6.09. The second-order valence-corrected chi connectivity index (χ2v) is 5.54. The van der Waals surface area contributed by atoms with E-state index in [1.807, 2.05) is 18.2 Å². The van der Waals surface area contributed by atoms with Crippen molar-refractivity contribution in [2.75, 3.05) is 13.2 Å². The summed E-state index contributed by atoms with van der Waals surface area (Å²) >= 11 is 9.68. The lowest BCUT2D eigenvalue weighted by molar-refractivity contribution is 0.168. The molecule has 1 atom stereocenters. The number of hydrogen-bond acceptors (Lipinski definition) is 2. The Labute approximate surface area is 121 Å². The predicted molar refractivity (Wildman–Crippen MR) is 78.8 cm³/mol. The molecule has 4 heteroatoms. The van der Waals surface area contributed by atoms with E-state index in [-0.39, 0.29) is 6.04 Å². The Morgan fingerprint density at radius 2 is 2.33 bits per heavy atom. The van der Waals surface area contributed by atoms with Gasteiger partial charge >= 0.3 is 0 Å². The molecule has 0 saturated carbocycles. The average molecular weight is 331 g/mol. The van der Waals surface area contributed by atoms with Gasteiger partial charge in [0, 0.05) is 9.50 Å². The highest BCUT2D eigenvalue weighted by molar-refractivity contribution is 9.10. The van der Waals surface area contributed by atoms with E-state index < -0.39 is 0 Å². The third kappa shape index (κ3) is 3.28. The fourth-order valence-corrected chi connectivity index (χ4v) is 2.74. The molecule has 0 bridgehead atoms. The molecule has 0 radical (unpaired) electrons. The predicted octanol–water partition coefficient (Wildman–Crippen LogP) is 4.45. The molecule has 0 spiro atoms. The van der Waals surface area contributed by atoms with Crippen LogP contribution in [0.2, 0.25) is 5.02 Å². The van der Waals surface area contributed by atoms with E-state index in [0.717, 1.165) is 46.8 Å². The van der Waals surface area contributed by atoms with Crippen LogP contribution in [0.5, 0.6) is 0 Å². The first-order valence-corrected chi connectivity index (χ1v) is 7.40. The molecule has 0 saturated heterocycles. The minimum atomic E-state index is 0.0726. The minimum Gasteiger partial charge on any atom is -0.496 e. The van der Waals surface area contributed by atoms with Crippen LogP contribution < -0.4 is 5.32 Å². The van der Waals surface area contributed by atoms with Gasteiger partial charge in [-0.3, -0.25) is 0 Å². The van der Waals surface area contributed by atoms with Crippen molar-refractivity contribution in [3.8, 4) is 0 Å². The summed E-state index contributed by atoms with van der Waals surface area (Å²) in [5.74, 6) is 1.01. The SMILES string of the molecule is CCNC(C1=CCCCO1)c1cc(Cl)ccc1Br. The lowest BCUT2D eigenvalue weighted by atomic mass is 10.0. The van der Waals surface area contributed by atoms with E-state index in [0.29, 0.717) is 0 Å². The van der Waals surface area contributed by atoms with Crippen LogP contribution in [0.1, 0.15) is 31.4 Å². The van der Waals surface area contributed by atoms with Gasteiger partial charge in [-0.1, -0.05) is 34.5 Å². The molecule has 18 heavy (non-hydrogen) atoms. The molecule has 1 N–H and O–H groups in total. The van der Waals surface area contributed by atoms with E-state index in [1.54, 1.807) is 0 Å². The summed E-state index contributed by atoms with van der Waals surface area (Å²) in [6, 6.07) is 5.92. The Bertz CT molecular complexity index is 447. The molecule has 1 aliphatic rings. The summed E-state index contributed by atoms with van der Waals surface area (Å²) in [6.45, 7) is 3.77. The van der Waals surface area contributed by atoms with Crippen molar-refractivity contribution in [2.45, 2.75) is 25.8 Å². The monoisotopic (exact) mass is 329 g/mol. The Morgan fingerprint density at radius 1 is 1.50 bits per heavy atom. The van der Waals surface area contributed by atoms with Crippen LogP contribution in [-0.2, 0) is 4.74 Å². The van der Waals surface area contributed by atoms with Crippen LogP contribution >= 0.6 is 27.5 Å². The lowest BCUT2D eigenvalue weighted by Gasteiger charge is -2.25. The standard InChI is InChI=1S/C14H17BrClNO/c1-2-17-14(13-5-3-4-8-18-13)11-9-10(16)6-7-12(11)15/h5-7,9,14,17H,2-4,8H2,1H3. The molecule has 1 aliphatic heterocycles. The van der Waals surface area contributed by atoms with Crippen LogP contribution in [0.3, 0.4) is 0 Å². The molecule has 1 aromatic carbocycles. The molecular weight excluding hydrogens is 314 g/mol. The van der Waals surface area contributed by atoms with Crippen LogP contribution in [0, 0.1) is 0 Å². The van der Waals surface area contributed by atoms with Crippen LogP contribution in [-0.4, -0.2) is 13.2 Å². The van der Waals surface area contributed by atoms with Gasteiger partial charge in [-0.25, -0.2) is 0 Å². The van der Waals surface area contributed by atoms with Crippen molar-refractivity contribution in [3.05, 3.63) is 45.1 Å². The maximum Gasteiger partial charge on any atom is 0.113 e. The van der Waals surface area contributed by atoms with Crippen molar-refractivity contribution >= 4 is 27.5 Å². The Morgan fingerprint density at radius 3 is 3.00 bits per heavy atom. The lowest BCUT2D eigenvalue weighted by Crippen LogP contribution is -2.25. The summed E-state index contributed by atoms with van der Waals surface area (Å²) in [4.78, 5) is 0. The van der Waals surface area contributed by atoms with Crippen molar-refractivity contribution in [3.63, 3.8) is 0 Å². The third-order valence-electron chi connectivity index (χ3n) is 2.92. The number of halogens is 2. The molecule has 0 aliphatic carbocycles. The van der Waals surface area contributed by atoms with Gasteiger partial charge in [0.25, 0.3) is 0 Å². The Hall–Kier alpha value is -0.510. The average Bonchev–Trinajstić information content (AvgIpc) is 2.40. The number of rotatable bonds is 4. The fourth-order valence-electron chi connectivity index (χ4n) is 2.08. The highest BCUT2D eigenvalue weighted by Crippen LogP contribution is 2.32. The number of benzene rings is 1. The zero-order valence-corrected chi connectivity index (χ0v) is 12.7. The van der Waals surface area contributed by atoms with Gasteiger partial charge in [-0.15, -0.1) is 0 Å². The van der Waals surface area contributed by atoms with Gasteiger partial charge in [0.15, 0.2) is 0 Å². The fraction of sp³-hybridized carbons (Fsp3) is 0.429. The largest absolute Gasteiger partial charge is 0.496 e. The van der Waals surface area contributed by atoms with Crippen LogP contribution in [0.25, 0.3) is 0 Å². The minimum absolute atomic E-state index is 0.0726. The molecule has 1 unspecified atom stereocenters. The maximum atomic E-state index is 6.09. The highest BCUT2D eigenvalue weighted by atomic mass is 79.9. The first-order valence-electron chi connectivity index (χ1n) is 6.23. The van der Waals surface area contributed by atoms with Gasteiger partial charge in [0.1, 0.15) is 5.76 Å². The second-order valence-electron chi connectivity index (χ2n) is 4.25. The quantitative estimate of drug-likeness (QED) is 0.881. The summed E-state index contributed by atoms with van der Waals surface area (Å²) in [6.07, 6.45) is 4.35. The van der Waals surface area contributed by atoms with E-state index in [9.17, 15) is 0 Å².